The van der Waals surface area contributed by atoms with Crippen molar-refractivity contribution in [3.05, 3.63) is 29.3 Å². The van der Waals surface area contributed by atoms with Gasteiger partial charge in [-0.1, -0.05) is 32.3 Å². The highest BCUT2D eigenvalue weighted by Gasteiger charge is 2.07. The zero-order valence-corrected chi connectivity index (χ0v) is 12.4. The fourth-order valence-corrected chi connectivity index (χ4v) is 2.01. The van der Waals surface area contributed by atoms with Crippen molar-refractivity contribution in [1.29, 1.82) is 0 Å². The number of benzene rings is 1. The standard InChI is InChI=1S/C16H27NO2/c1-4-5-6-7-10-19-12-15-11-14(13(2)17)8-9-16(15)18-3/h8-9,11,13H,4-7,10,12,17H2,1-3H3. The van der Waals surface area contributed by atoms with E-state index in [-0.39, 0.29) is 6.04 Å². The largest absolute Gasteiger partial charge is 0.496 e. The zero-order chi connectivity index (χ0) is 14.1. The fourth-order valence-electron chi connectivity index (χ4n) is 2.01. The SMILES string of the molecule is CCCCCCOCc1cc(C(C)N)ccc1OC. The van der Waals surface area contributed by atoms with Crippen molar-refractivity contribution in [2.45, 2.75) is 52.2 Å². The highest BCUT2D eigenvalue weighted by molar-refractivity contribution is 5.37. The Balaban J connectivity index is 2.48. The van der Waals surface area contributed by atoms with Gasteiger partial charge in [0, 0.05) is 18.2 Å². The molecule has 0 bridgehead atoms. The number of ether oxygens (including phenoxy) is 2. The average molecular weight is 265 g/mol. The van der Waals surface area contributed by atoms with E-state index in [1.54, 1.807) is 7.11 Å². The van der Waals surface area contributed by atoms with Gasteiger partial charge in [0.05, 0.1) is 13.7 Å². The van der Waals surface area contributed by atoms with E-state index in [0.717, 1.165) is 29.9 Å². The minimum absolute atomic E-state index is 0.0363. The minimum Gasteiger partial charge on any atom is -0.496 e. The number of hydrogen-bond donors (Lipinski definition) is 1. The summed E-state index contributed by atoms with van der Waals surface area (Å²) in [5.41, 5.74) is 8.09. The molecule has 0 aliphatic rings. The van der Waals surface area contributed by atoms with Gasteiger partial charge >= 0.3 is 0 Å². The highest BCUT2D eigenvalue weighted by Crippen LogP contribution is 2.23. The number of nitrogens with two attached hydrogens (primary N) is 1. The molecule has 108 valence electrons. The Hall–Kier alpha value is -1.06. The Morgan fingerprint density at radius 2 is 2.00 bits per heavy atom. The van der Waals surface area contributed by atoms with Crippen LogP contribution in [-0.2, 0) is 11.3 Å². The van der Waals surface area contributed by atoms with E-state index >= 15 is 0 Å². The average Bonchev–Trinajstić information content (AvgIpc) is 2.42. The van der Waals surface area contributed by atoms with Crippen molar-refractivity contribution in [2.75, 3.05) is 13.7 Å². The Bertz CT molecular complexity index is 364. The molecule has 0 heterocycles. The normalized spacial score (nSPS) is 12.4. The molecule has 0 aliphatic carbocycles. The Labute approximate surface area is 117 Å². The molecule has 0 fully saturated rings. The molecule has 19 heavy (non-hydrogen) atoms. The van der Waals surface area contributed by atoms with E-state index in [0.29, 0.717) is 6.61 Å². The van der Waals surface area contributed by atoms with Gasteiger partial charge in [0.15, 0.2) is 0 Å². The molecule has 0 amide bonds. The lowest BCUT2D eigenvalue weighted by atomic mass is 10.1. The first-order chi connectivity index (χ1) is 9.19. The van der Waals surface area contributed by atoms with Crippen LogP contribution in [0, 0.1) is 0 Å². The van der Waals surface area contributed by atoms with Crippen molar-refractivity contribution in [3.63, 3.8) is 0 Å². The third-order valence-electron chi connectivity index (χ3n) is 3.23. The van der Waals surface area contributed by atoms with E-state index in [9.17, 15) is 0 Å². The summed E-state index contributed by atoms with van der Waals surface area (Å²) in [7, 11) is 1.69. The van der Waals surface area contributed by atoms with Gasteiger partial charge < -0.3 is 15.2 Å². The van der Waals surface area contributed by atoms with Crippen LogP contribution in [0.15, 0.2) is 18.2 Å². The molecule has 1 unspecified atom stereocenters. The van der Waals surface area contributed by atoms with Crippen LogP contribution >= 0.6 is 0 Å². The van der Waals surface area contributed by atoms with E-state index in [2.05, 4.69) is 13.0 Å². The molecule has 3 nitrogen and oxygen atoms in total. The third-order valence-corrected chi connectivity index (χ3v) is 3.23. The predicted octanol–water partition coefficient (Wildman–Crippen LogP) is 3.81. The molecule has 0 saturated heterocycles. The van der Waals surface area contributed by atoms with E-state index in [1.807, 2.05) is 19.1 Å². The van der Waals surface area contributed by atoms with Crippen LogP contribution in [0.5, 0.6) is 5.75 Å². The molecule has 1 aromatic rings. The van der Waals surface area contributed by atoms with Gasteiger partial charge in [-0.2, -0.15) is 0 Å². The summed E-state index contributed by atoms with van der Waals surface area (Å²) in [5, 5.41) is 0. The predicted molar refractivity (Wildman–Crippen MR) is 79.4 cm³/mol. The second-order valence-corrected chi connectivity index (χ2v) is 4.97. The monoisotopic (exact) mass is 265 g/mol. The van der Waals surface area contributed by atoms with Gasteiger partial charge in [0.1, 0.15) is 5.75 Å². The Kier molecular flexibility index (Phi) is 7.53. The zero-order valence-electron chi connectivity index (χ0n) is 12.4. The number of rotatable bonds is 9. The summed E-state index contributed by atoms with van der Waals surface area (Å²) < 4.78 is 11.1. The quantitative estimate of drug-likeness (QED) is 0.690. The summed E-state index contributed by atoms with van der Waals surface area (Å²) in [6, 6.07) is 6.09. The molecule has 1 rings (SSSR count). The molecular weight excluding hydrogens is 238 g/mol. The molecule has 0 spiro atoms. The molecule has 0 saturated carbocycles. The lowest BCUT2D eigenvalue weighted by molar-refractivity contribution is 0.115. The first-order valence-corrected chi connectivity index (χ1v) is 7.19. The van der Waals surface area contributed by atoms with Crippen LogP contribution in [0.25, 0.3) is 0 Å². The first kappa shape index (κ1) is 16.0. The van der Waals surface area contributed by atoms with Crippen LogP contribution < -0.4 is 10.5 Å². The fraction of sp³-hybridized carbons (Fsp3) is 0.625. The second-order valence-electron chi connectivity index (χ2n) is 4.97. The van der Waals surface area contributed by atoms with Crippen LogP contribution in [0.4, 0.5) is 0 Å². The lowest BCUT2D eigenvalue weighted by Crippen LogP contribution is -2.06. The number of hydrogen-bond acceptors (Lipinski definition) is 3. The molecule has 1 aromatic carbocycles. The minimum atomic E-state index is 0.0363. The Morgan fingerprint density at radius 3 is 2.63 bits per heavy atom. The van der Waals surface area contributed by atoms with Crippen molar-refractivity contribution in [3.8, 4) is 5.75 Å². The van der Waals surface area contributed by atoms with Gasteiger partial charge in [-0.15, -0.1) is 0 Å². The molecule has 3 heteroatoms. The van der Waals surface area contributed by atoms with E-state index < -0.39 is 0 Å². The molecule has 0 aliphatic heterocycles. The summed E-state index contributed by atoms with van der Waals surface area (Å²) in [6.45, 7) is 5.60. The molecule has 2 N–H and O–H groups in total. The van der Waals surface area contributed by atoms with Crippen molar-refractivity contribution in [2.24, 2.45) is 5.73 Å². The topological polar surface area (TPSA) is 44.5 Å². The third kappa shape index (κ3) is 5.62. The summed E-state index contributed by atoms with van der Waals surface area (Å²) in [5.74, 6) is 0.873. The molecule has 0 aromatic heterocycles. The van der Waals surface area contributed by atoms with Gasteiger partial charge in [0.25, 0.3) is 0 Å². The van der Waals surface area contributed by atoms with Crippen molar-refractivity contribution < 1.29 is 9.47 Å². The smallest absolute Gasteiger partial charge is 0.124 e. The van der Waals surface area contributed by atoms with E-state index in [4.69, 9.17) is 15.2 Å². The van der Waals surface area contributed by atoms with Gasteiger partial charge in [-0.3, -0.25) is 0 Å². The molecule has 0 radical (unpaired) electrons. The number of methoxy groups -OCH3 is 1. The van der Waals surface area contributed by atoms with Crippen molar-refractivity contribution >= 4 is 0 Å². The first-order valence-electron chi connectivity index (χ1n) is 7.19. The van der Waals surface area contributed by atoms with Crippen LogP contribution in [-0.4, -0.2) is 13.7 Å². The van der Waals surface area contributed by atoms with E-state index in [1.165, 1.54) is 19.3 Å². The summed E-state index contributed by atoms with van der Waals surface area (Å²) in [4.78, 5) is 0. The summed E-state index contributed by atoms with van der Waals surface area (Å²) in [6.07, 6.45) is 4.91. The maximum Gasteiger partial charge on any atom is 0.124 e. The highest BCUT2D eigenvalue weighted by atomic mass is 16.5. The maximum absolute atomic E-state index is 5.90. The lowest BCUT2D eigenvalue weighted by Gasteiger charge is -2.13. The van der Waals surface area contributed by atoms with Gasteiger partial charge in [-0.05, 0) is 31.0 Å². The molecular formula is C16H27NO2. The maximum atomic E-state index is 5.90. The number of unbranched alkanes of at least 4 members (excludes halogenated alkanes) is 3. The van der Waals surface area contributed by atoms with Gasteiger partial charge in [-0.25, -0.2) is 0 Å². The molecule has 1 atom stereocenters. The van der Waals surface area contributed by atoms with Crippen LogP contribution in [0.2, 0.25) is 0 Å². The second kappa shape index (κ2) is 8.94. The van der Waals surface area contributed by atoms with Gasteiger partial charge in [0.2, 0.25) is 0 Å². The summed E-state index contributed by atoms with van der Waals surface area (Å²) >= 11 is 0. The Morgan fingerprint density at radius 1 is 1.21 bits per heavy atom. The van der Waals surface area contributed by atoms with Crippen molar-refractivity contribution in [1.82, 2.24) is 0 Å². The van der Waals surface area contributed by atoms with Crippen LogP contribution in [0.3, 0.4) is 0 Å². The van der Waals surface area contributed by atoms with Crippen LogP contribution in [0.1, 0.15) is 56.7 Å².